The number of methoxy groups -OCH3 is 1. The van der Waals surface area contributed by atoms with Gasteiger partial charge in [0.25, 0.3) is 0 Å². The molecular formula is C26H25FN4O2. The summed E-state index contributed by atoms with van der Waals surface area (Å²) < 4.78 is 21.6. The second kappa shape index (κ2) is 10.1. The van der Waals surface area contributed by atoms with Crippen molar-refractivity contribution in [2.24, 2.45) is 4.99 Å². The van der Waals surface area contributed by atoms with Gasteiger partial charge in [0.15, 0.2) is 11.6 Å². The molecule has 1 aliphatic heterocycles. The summed E-state index contributed by atoms with van der Waals surface area (Å²) in [6.07, 6.45) is 8.86. The van der Waals surface area contributed by atoms with Gasteiger partial charge in [0.2, 0.25) is 5.43 Å². The number of benzene rings is 2. The fourth-order valence-electron chi connectivity index (χ4n) is 3.55. The number of ether oxygens (including phenoxy) is 1. The van der Waals surface area contributed by atoms with Gasteiger partial charge in [0, 0.05) is 25.0 Å². The molecule has 0 aliphatic carbocycles. The number of aromatic nitrogens is 2. The van der Waals surface area contributed by atoms with E-state index < -0.39 is 5.82 Å². The summed E-state index contributed by atoms with van der Waals surface area (Å²) in [5.74, 6) is -0.351. The smallest absolute Gasteiger partial charge is 0.249 e. The molecule has 0 bridgehead atoms. The van der Waals surface area contributed by atoms with Crippen LogP contribution >= 0.6 is 0 Å². The van der Waals surface area contributed by atoms with Crippen LogP contribution in [0.3, 0.4) is 0 Å². The van der Waals surface area contributed by atoms with E-state index in [1.54, 1.807) is 25.3 Å². The Hall–Kier alpha value is -4.00. The normalized spacial score (nSPS) is 13.8. The van der Waals surface area contributed by atoms with Gasteiger partial charge in [0.1, 0.15) is 11.4 Å². The van der Waals surface area contributed by atoms with Gasteiger partial charge >= 0.3 is 0 Å². The molecule has 1 aliphatic rings. The minimum atomic E-state index is -0.436. The predicted molar refractivity (Wildman–Crippen MR) is 130 cm³/mol. The number of hydrogen-bond acceptors (Lipinski definition) is 5. The number of aliphatic imine (C=N–C) groups is 1. The van der Waals surface area contributed by atoms with Crippen LogP contribution in [0.1, 0.15) is 18.2 Å². The molecule has 2 aromatic carbocycles. The van der Waals surface area contributed by atoms with Crippen molar-refractivity contribution in [3.8, 4) is 11.4 Å². The highest BCUT2D eigenvalue weighted by molar-refractivity contribution is 5.83. The second-order valence-electron chi connectivity index (χ2n) is 7.66. The zero-order valence-electron chi connectivity index (χ0n) is 18.6. The largest absolute Gasteiger partial charge is 0.491 e. The Bertz CT molecular complexity index is 1270. The maximum Gasteiger partial charge on any atom is 0.249 e. The highest BCUT2D eigenvalue weighted by Crippen LogP contribution is 2.23. The Kier molecular flexibility index (Phi) is 6.78. The monoisotopic (exact) mass is 444 g/mol. The molecule has 4 rings (SSSR count). The van der Waals surface area contributed by atoms with E-state index in [1.165, 1.54) is 24.1 Å². The molecule has 0 saturated carbocycles. The lowest BCUT2D eigenvalue weighted by molar-refractivity contribution is 0.404. The summed E-state index contributed by atoms with van der Waals surface area (Å²) in [6, 6.07) is 14.8. The van der Waals surface area contributed by atoms with Gasteiger partial charge in [0.05, 0.1) is 19.9 Å². The minimum Gasteiger partial charge on any atom is -0.491 e. The second-order valence-corrected chi connectivity index (χ2v) is 7.66. The van der Waals surface area contributed by atoms with Crippen molar-refractivity contribution in [1.29, 1.82) is 0 Å². The molecule has 1 aromatic heterocycles. The molecule has 0 spiro atoms. The molecule has 2 heterocycles. The fraction of sp³-hybridized carbons (Fsp3) is 0.192. The SMILES string of the molecule is COc1cn(-c2ccc(N3CC=CC3)cc2F)nc(C(C)=CC=NCc2ccccc2)c1=O. The van der Waals surface area contributed by atoms with E-state index in [0.717, 1.165) is 24.3 Å². The molecule has 0 fully saturated rings. The maximum absolute atomic E-state index is 15.0. The third-order valence-electron chi connectivity index (χ3n) is 5.39. The van der Waals surface area contributed by atoms with Crippen LogP contribution in [0.4, 0.5) is 10.1 Å². The molecule has 168 valence electrons. The minimum absolute atomic E-state index is 0.0844. The van der Waals surface area contributed by atoms with Gasteiger partial charge in [-0.1, -0.05) is 42.5 Å². The number of hydrogen-bond donors (Lipinski definition) is 0. The maximum atomic E-state index is 15.0. The topological polar surface area (TPSA) is 59.7 Å². The summed E-state index contributed by atoms with van der Waals surface area (Å²) in [6.45, 7) is 3.80. The average Bonchev–Trinajstić information content (AvgIpc) is 3.38. The Balaban J connectivity index is 1.62. The standard InChI is InChI=1S/C26H25FN4O2/c1-19(12-13-28-17-20-8-4-3-5-9-20)25-26(32)24(33-2)18-31(29-25)23-11-10-21(16-22(23)27)30-14-6-7-15-30/h3-13,16,18H,14-15,17H2,1-2H3. The van der Waals surface area contributed by atoms with Crippen molar-refractivity contribution in [1.82, 2.24) is 9.78 Å². The van der Waals surface area contributed by atoms with Crippen molar-refractivity contribution in [2.75, 3.05) is 25.1 Å². The molecule has 33 heavy (non-hydrogen) atoms. The van der Waals surface area contributed by atoms with Crippen molar-refractivity contribution >= 4 is 17.5 Å². The molecule has 0 atom stereocenters. The summed E-state index contributed by atoms with van der Waals surface area (Å²) >= 11 is 0. The van der Waals surface area contributed by atoms with Gasteiger partial charge in [-0.3, -0.25) is 9.79 Å². The van der Waals surface area contributed by atoms with Crippen molar-refractivity contribution < 1.29 is 9.13 Å². The Morgan fingerprint density at radius 3 is 2.64 bits per heavy atom. The molecule has 7 heteroatoms. The van der Waals surface area contributed by atoms with Crippen LogP contribution in [0.5, 0.6) is 5.75 Å². The molecule has 0 radical (unpaired) electrons. The Labute approximate surface area is 192 Å². The number of nitrogens with zero attached hydrogens (tertiary/aromatic N) is 4. The van der Waals surface area contributed by atoms with E-state index >= 15 is 4.39 Å². The molecule has 3 aromatic rings. The summed E-state index contributed by atoms with van der Waals surface area (Å²) in [4.78, 5) is 19.2. The number of anilines is 1. The first-order valence-corrected chi connectivity index (χ1v) is 10.7. The molecule has 0 unspecified atom stereocenters. The van der Waals surface area contributed by atoms with Gasteiger partial charge in [-0.05, 0) is 42.3 Å². The van der Waals surface area contributed by atoms with Crippen LogP contribution in [0.25, 0.3) is 11.3 Å². The first-order valence-electron chi connectivity index (χ1n) is 10.7. The van der Waals surface area contributed by atoms with Gasteiger partial charge in [-0.2, -0.15) is 5.10 Å². The first-order chi connectivity index (χ1) is 16.1. The van der Waals surface area contributed by atoms with Crippen LogP contribution < -0.4 is 15.1 Å². The summed E-state index contributed by atoms with van der Waals surface area (Å²) in [5, 5.41) is 4.40. The lowest BCUT2D eigenvalue weighted by Crippen LogP contribution is -2.20. The molecule has 6 nitrogen and oxygen atoms in total. The lowest BCUT2D eigenvalue weighted by atomic mass is 10.2. The molecule has 0 N–H and O–H groups in total. The fourth-order valence-corrected chi connectivity index (χ4v) is 3.55. The number of allylic oxidation sites excluding steroid dienone is 2. The number of halogens is 1. The van der Waals surface area contributed by atoms with Crippen LogP contribution in [0.2, 0.25) is 0 Å². The zero-order chi connectivity index (χ0) is 23.2. The average molecular weight is 445 g/mol. The van der Waals surface area contributed by atoms with Crippen LogP contribution in [-0.2, 0) is 6.54 Å². The van der Waals surface area contributed by atoms with Crippen LogP contribution in [0.15, 0.2) is 82.7 Å². The van der Waals surface area contributed by atoms with E-state index in [0.29, 0.717) is 12.1 Å². The van der Waals surface area contributed by atoms with Gasteiger partial charge in [-0.15, -0.1) is 0 Å². The summed E-state index contributed by atoms with van der Waals surface area (Å²) in [7, 11) is 1.41. The van der Waals surface area contributed by atoms with E-state index in [-0.39, 0.29) is 22.6 Å². The Morgan fingerprint density at radius 1 is 1.18 bits per heavy atom. The van der Waals surface area contributed by atoms with Gasteiger partial charge in [-0.25, -0.2) is 9.07 Å². The van der Waals surface area contributed by atoms with Crippen molar-refractivity contribution in [3.05, 3.63) is 100 Å². The van der Waals surface area contributed by atoms with E-state index in [2.05, 4.69) is 15.0 Å². The van der Waals surface area contributed by atoms with E-state index in [1.807, 2.05) is 48.6 Å². The zero-order valence-corrected chi connectivity index (χ0v) is 18.6. The molecular weight excluding hydrogens is 419 g/mol. The predicted octanol–water partition coefficient (Wildman–Crippen LogP) is 4.43. The van der Waals surface area contributed by atoms with E-state index in [4.69, 9.17) is 4.74 Å². The first kappa shape index (κ1) is 22.2. The molecule has 0 saturated heterocycles. The van der Waals surface area contributed by atoms with Crippen LogP contribution in [0, 0.1) is 5.82 Å². The van der Waals surface area contributed by atoms with E-state index in [9.17, 15) is 4.79 Å². The highest BCUT2D eigenvalue weighted by Gasteiger charge is 2.16. The highest BCUT2D eigenvalue weighted by atomic mass is 19.1. The third kappa shape index (κ3) is 5.09. The van der Waals surface area contributed by atoms with Crippen molar-refractivity contribution in [3.63, 3.8) is 0 Å². The summed E-state index contributed by atoms with van der Waals surface area (Å²) in [5.41, 5.74) is 2.53. The third-order valence-corrected chi connectivity index (χ3v) is 5.39. The lowest BCUT2D eigenvalue weighted by Gasteiger charge is -2.19. The Morgan fingerprint density at radius 2 is 1.94 bits per heavy atom. The van der Waals surface area contributed by atoms with Gasteiger partial charge < -0.3 is 9.64 Å². The van der Waals surface area contributed by atoms with Crippen LogP contribution in [-0.4, -0.2) is 36.2 Å². The van der Waals surface area contributed by atoms with Crippen molar-refractivity contribution in [2.45, 2.75) is 13.5 Å². The number of rotatable bonds is 7. The quantitative estimate of drug-likeness (QED) is 0.400. The molecule has 0 amide bonds.